The van der Waals surface area contributed by atoms with Gasteiger partial charge in [-0.25, -0.2) is 4.68 Å². The fraction of sp³-hybridized carbons (Fsp3) is 0.429. The third kappa shape index (κ3) is 6.22. The van der Waals surface area contributed by atoms with Crippen molar-refractivity contribution in [3.8, 4) is 0 Å². The molecule has 1 aromatic heterocycles. The third-order valence-electron chi connectivity index (χ3n) is 10.1. The van der Waals surface area contributed by atoms with Gasteiger partial charge in [0.05, 0.1) is 23.0 Å². The first-order valence-electron chi connectivity index (χ1n) is 16.4. The number of aryl methyl sites for hydroxylation is 1. The molecule has 48 heavy (non-hydrogen) atoms. The number of imide groups is 2. The van der Waals surface area contributed by atoms with E-state index in [0.717, 1.165) is 56.0 Å². The van der Waals surface area contributed by atoms with E-state index in [1.54, 1.807) is 19.3 Å². The lowest BCUT2D eigenvalue weighted by molar-refractivity contribution is -0.136. The number of hydrogen-bond acceptors (Lipinski definition) is 9. The normalized spacial score (nSPS) is 25.0. The number of likely N-dealkylation sites (N-methyl/N-ethyl adjacent to an activating group) is 1. The molecule has 3 aromatic rings. The SMILES string of the molecule is CN1C[C@H](Nc2cnn(C)c(=O)c2Br)C[C@H](c2ccc(CN3CCC(c4ccc5c(c4)C(=O)N(C4CCC(=O)NC4=O)C5=O)C3)cc2)C1. The number of carbonyl (C=O) groups excluding carboxylic acids is 4. The van der Waals surface area contributed by atoms with Crippen LogP contribution in [-0.4, -0.2) is 93.4 Å². The molecule has 7 rings (SSSR count). The summed E-state index contributed by atoms with van der Waals surface area (Å²) in [7, 11) is 3.76. The van der Waals surface area contributed by atoms with Crippen LogP contribution in [0.1, 0.15) is 74.9 Å². The Hall–Kier alpha value is -4.20. The minimum Gasteiger partial charge on any atom is -0.379 e. The number of hydrogen-bond donors (Lipinski definition) is 2. The van der Waals surface area contributed by atoms with Crippen LogP contribution in [0.5, 0.6) is 0 Å². The fourth-order valence-electron chi connectivity index (χ4n) is 7.64. The number of halogens is 1. The molecule has 5 heterocycles. The Morgan fingerprint density at radius 3 is 2.42 bits per heavy atom. The van der Waals surface area contributed by atoms with Gasteiger partial charge >= 0.3 is 0 Å². The van der Waals surface area contributed by atoms with Gasteiger partial charge in [-0.1, -0.05) is 30.3 Å². The number of piperidine rings is 2. The van der Waals surface area contributed by atoms with E-state index in [9.17, 15) is 24.0 Å². The van der Waals surface area contributed by atoms with Crippen LogP contribution in [0, 0.1) is 0 Å². The summed E-state index contributed by atoms with van der Waals surface area (Å²) in [6, 6.07) is 13.6. The van der Waals surface area contributed by atoms with E-state index >= 15 is 0 Å². The number of anilines is 1. The highest BCUT2D eigenvalue weighted by Gasteiger charge is 2.45. The maximum atomic E-state index is 13.3. The molecule has 2 aromatic carbocycles. The van der Waals surface area contributed by atoms with Crippen molar-refractivity contribution in [1.82, 2.24) is 29.8 Å². The molecule has 2 unspecified atom stereocenters. The molecule has 12 nitrogen and oxygen atoms in total. The van der Waals surface area contributed by atoms with Gasteiger partial charge in [-0.05, 0) is 89.4 Å². The van der Waals surface area contributed by atoms with E-state index in [4.69, 9.17) is 0 Å². The molecule has 4 aliphatic heterocycles. The van der Waals surface area contributed by atoms with Crippen molar-refractivity contribution in [3.63, 3.8) is 0 Å². The highest BCUT2D eigenvalue weighted by molar-refractivity contribution is 9.10. The molecule has 13 heteroatoms. The minimum atomic E-state index is -0.963. The average Bonchev–Trinajstić information content (AvgIpc) is 3.63. The summed E-state index contributed by atoms with van der Waals surface area (Å²) < 4.78 is 1.81. The number of likely N-dealkylation sites (tertiary alicyclic amines) is 2. The largest absolute Gasteiger partial charge is 0.379 e. The molecular formula is C35H38BrN7O5. The number of amides is 4. The Balaban J connectivity index is 0.965. The quantitative estimate of drug-likeness (QED) is 0.354. The number of fused-ring (bicyclic) bond motifs is 1. The Labute approximate surface area is 286 Å². The smallest absolute Gasteiger partial charge is 0.282 e. The molecule has 0 aliphatic carbocycles. The van der Waals surface area contributed by atoms with Crippen LogP contribution in [0.2, 0.25) is 0 Å². The number of carbonyl (C=O) groups is 4. The molecule has 0 bridgehead atoms. The first-order valence-corrected chi connectivity index (χ1v) is 17.2. The highest BCUT2D eigenvalue weighted by atomic mass is 79.9. The Kier molecular flexibility index (Phi) is 8.77. The van der Waals surface area contributed by atoms with Crippen molar-refractivity contribution in [3.05, 3.63) is 91.3 Å². The molecule has 3 saturated heterocycles. The lowest BCUT2D eigenvalue weighted by Crippen LogP contribution is -2.54. The molecule has 0 spiro atoms. The van der Waals surface area contributed by atoms with Crippen molar-refractivity contribution in [1.29, 1.82) is 0 Å². The van der Waals surface area contributed by atoms with E-state index in [2.05, 4.69) is 72.8 Å². The standard InChI is InChI=1S/C35H38BrN7O5/c1-40-17-24(13-25(19-40)38-28-15-37-41(2)35(48)31(28)36)21-5-3-20(4-6-21)16-42-12-11-23(18-42)22-7-8-26-27(14-22)34(47)43(33(26)46)29-9-10-30(44)39-32(29)45/h3-8,14-15,23-25,29,38H,9-13,16-19H2,1-2H3,(H,39,44,45)/t23?,24-,25+,29?/m0/s1. The van der Waals surface area contributed by atoms with Crippen LogP contribution >= 0.6 is 15.9 Å². The zero-order chi connectivity index (χ0) is 33.7. The monoisotopic (exact) mass is 715 g/mol. The van der Waals surface area contributed by atoms with Gasteiger partial charge in [0.2, 0.25) is 11.8 Å². The van der Waals surface area contributed by atoms with E-state index in [-0.39, 0.29) is 36.3 Å². The topological polar surface area (TPSA) is 137 Å². The molecule has 4 aliphatic rings. The van der Waals surface area contributed by atoms with Crippen LogP contribution in [0.3, 0.4) is 0 Å². The number of rotatable bonds is 7. The maximum Gasteiger partial charge on any atom is 0.282 e. The van der Waals surface area contributed by atoms with Crippen LogP contribution in [0.4, 0.5) is 5.69 Å². The minimum absolute atomic E-state index is 0.0981. The van der Waals surface area contributed by atoms with Crippen molar-refractivity contribution in [2.75, 3.05) is 38.5 Å². The van der Waals surface area contributed by atoms with E-state index in [1.807, 2.05) is 12.1 Å². The molecule has 4 atom stereocenters. The van der Waals surface area contributed by atoms with Crippen molar-refractivity contribution >= 4 is 45.2 Å². The summed E-state index contributed by atoms with van der Waals surface area (Å²) in [6.07, 6.45) is 3.82. The number of aromatic nitrogens is 2. The average molecular weight is 717 g/mol. The van der Waals surface area contributed by atoms with Gasteiger partial charge in [0.25, 0.3) is 17.4 Å². The zero-order valence-corrected chi connectivity index (χ0v) is 28.5. The van der Waals surface area contributed by atoms with Gasteiger partial charge in [0, 0.05) is 45.7 Å². The number of nitrogens with one attached hydrogen (secondary N) is 2. The lowest BCUT2D eigenvalue weighted by Gasteiger charge is -2.37. The zero-order valence-electron chi connectivity index (χ0n) is 26.9. The molecule has 0 radical (unpaired) electrons. The van der Waals surface area contributed by atoms with Gasteiger partial charge in [0.15, 0.2) is 0 Å². The molecular weight excluding hydrogens is 678 g/mol. The van der Waals surface area contributed by atoms with E-state index in [1.165, 1.54) is 15.8 Å². The predicted octanol–water partition coefficient (Wildman–Crippen LogP) is 2.83. The van der Waals surface area contributed by atoms with Crippen molar-refractivity contribution in [2.24, 2.45) is 7.05 Å². The van der Waals surface area contributed by atoms with Crippen LogP contribution in [0.25, 0.3) is 0 Å². The number of nitrogens with zero attached hydrogens (tertiary/aromatic N) is 5. The number of benzene rings is 2. The molecule has 0 saturated carbocycles. The lowest BCUT2D eigenvalue weighted by atomic mass is 9.87. The Morgan fingerprint density at radius 2 is 1.65 bits per heavy atom. The summed E-state index contributed by atoms with van der Waals surface area (Å²) in [4.78, 5) is 68.5. The van der Waals surface area contributed by atoms with Gasteiger partial charge in [-0.2, -0.15) is 5.10 Å². The van der Waals surface area contributed by atoms with Gasteiger partial charge in [0.1, 0.15) is 10.5 Å². The Morgan fingerprint density at radius 1 is 0.896 bits per heavy atom. The van der Waals surface area contributed by atoms with Crippen molar-refractivity contribution in [2.45, 2.75) is 56.1 Å². The second-order valence-electron chi connectivity index (χ2n) is 13.5. The Bertz CT molecular complexity index is 1860. The first kappa shape index (κ1) is 32.4. The van der Waals surface area contributed by atoms with Crippen LogP contribution < -0.4 is 16.2 Å². The van der Waals surface area contributed by atoms with E-state index in [0.29, 0.717) is 27.2 Å². The predicted molar refractivity (Wildman–Crippen MR) is 182 cm³/mol. The van der Waals surface area contributed by atoms with Crippen LogP contribution in [0.15, 0.2) is 57.9 Å². The van der Waals surface area contributed by atoms with Gasteiger partial charge in [-0.15, -0.1) is 0 Å². The highest BCUT2D eigenvalue weighted by Crippen LogP contribution is 2.34. The molecule has 3 fully saturated rings. The van der Waals surface area contributed by atoms with Crippen molar-refractivity contribution < 1.29 is 19.2 Å². The molecule has 4 amide bonds. The maximum absolute atomic E-state index is 13.3. The van der Waals surface area contributed by atoms with E-state index < -0.39 is 23.8 Å². The molecule has 2 N–H and O–H groups in total. The second-order valence-corrected chi connectivity index (χ2v) is 14.3. The summed E-state index contributed by atoms with van der Waals surface area (Å²) in [5.41, 5.74) is 4.73. The summed E-state index contributed by atoms with van der Waals surface area (Å²) in [6.45, 7) is 4.42. The van der Waals surface area contributed by atoms with Gasteiger partial charge in [-0.3, -0.25) is 39.1 Å². The summed E-state index contributed by atoms with van der Waals surface area (Å²) in [5, 5.41) is 9.93. The summed E-state index contributed by atoms with van der Waals surface area (Å²) >= 11 is 3.43. The summed E-state index contributed by atoms with van der Waals surface area (Å²) in [5.74, 6) is -1.36. The first-order chi connectivity index (χ1) is 23.0. The fourth-order valence-corrected chi connectivity index (χ4v) is 8.11. The molecule has 250 valence electrons. The van der Waals surface area contributed by atoms with Gasteiger partial charge < -0.3 is 10.2 Å². The van der Waals surface area contributed by atoms with Crippen LogP contribution in [-0.2, 0) is 23.2 Å². The second kappa shape index (κ2) is 13.0. The third-order valence-corrected chi connectivity index (χ3v) is 10.9.